The lowest BCUT2D eigenvalue weighted by molar-refractivity contribution is -0.136. The highest BCUT2D eigenvalue weighted by Gasteiger charge is 2.42. The highest BCUT2D eigenvalue weighted by atomic mass is 16.2. The van der Waals surface area contributed by atoms with E-state index in [4.69, 9.17) is 0 Å². The molecule has 3 atom stereocenters. The molecule has 1 aromatic carbocycles. The number of rotatable bonds is 3. The molecule has 5 rings (SSSR count). The van der Waals surface area contributed by atoms with Crippen molar-refractivity contribution in [2.75, 3.05) is 26.2 Å². The minimum atomic E-state index is -0.0961. The van der Waals surface area contributed by atoms with E-state index < -0.39 is 0 Å². The number of carbonyl (C=O) groups is 1. The molecule has 2 saturated heterocycles. The maximum absolute atomic E-state index is 13.1. The SMILES string of the molecule is O=C(C1NNC2CCCCC21)N1CCN(Cc2nc3ccccc3c(=O)[nH]2)CC1. The van der Waals surface area contributed by atoms with E-state index in [9.17, 15) is 9.59 Å². The summed E-state index contributed by atoms with van der Waals surface area (Å²) in [6.07, 6.45) is 4.76. The van der Waals surface area contributed by atoms with Crippen molar-refractivity contribution >= 4 is 16.8 Å². The van der Waals surface area contributed by atoms with Crippen LogP contribution in [0.25, 0.3) is 10.9 Å². The molecule has 2 aromatic rings. The minimum Gasteiger partial charge on any atom is -0.339 e. The number of fused-ring (bicyclic) bond motifs is 2. The summed E-state index contributed by atoms with van der Waals surface area (Å²) in [5.74, 6) is 1.32. The van der Waals surface area contributed by atoms with Crippen molar-refractivity contribution < 1.29 is 4.79 Å². The van der Waals surface area contributed by atoms with Crippen LogP contribution >= 0.6 is 0 Å². The summed E-state index contributed by atoms with van der Waals surface area (Å²) in [5, 5.41) is 0.616. The summed E-state index contributed by atoms with van der Waals surface area (Å²) in [6.45, 7) is 3.60. The molecule has 1 amide bonds. The highest BCUT2D eigenvalue weighted by Crippen LogP contribution is 2.31. The number of aromatic nitrogens is 2. The Labute approximate surface area is 169 Å². The zero-order valence-corrected chi connectivity index (χ0v) is 16.6. The second-order valence-corrected chi connectivity index (χ2v) is 8.45. The second-order valence-electron chi connectivity index (χ2n) is 8.45. The number of carbonyl (C=O) groups excluding carboxylic acids is 1. The van der Waals surface area contributed by atoms with E-state index in [1.165, 1.54) is 12.8 Å². The molecule has 29 heavy (non-hydrogen) atoms. The van der Waals surface area contributed by atoms with Crippen LogP contribution in [0.4, 0.5) is 0 Å². The first-order valence-corrected chi connectivity index (χ1v) is 10.7. The lowest BCUT2D eigenvalue weighted by atomic mass is 9.81. The molecule has 1 aromatic heterocycles. The predicted octanol–water partition coefficient (Wildman–Crippen LogP) is 0.603. The fourth-order valence-electron chi connectivity index (χ4n) is 5.03. The standard InChI is InChI=1S/C21H28N6O2/c28-20-15-6-2-3-7-16(15)22-18(23-20)13-26-9-11-27(12-10-26)21(29)19-14-5-1-4-8-17(14)24-25-19/h2-3,6-7,14,17,19,24-25H,1,4-5,8-13H2,(H,22,23,28). The van der Waals surface area contributed by atoms with Crippen LogP contribution in [0.2, 0.25) is 0 Å². The van der Waals surface area contributed by atoms with Crippen LogP contribution in [-0.4, -0.2) is 63.9 Å². The number of amides is 1. The third-order valence-corrected chi connectivity index (χ3v) is 6.66. The molecule has 3 unspecified atom stereocenters. The molecule has 1 saturated carbocycles. The van der Waals surface area contributed by atoms with Crippen LogP contribution in [0.3, 0.4) is 0 Å². The van der Waals surface area contributed by atoms with Gasteiger partial charge in [-0.05, 0) is 25.0 Å². The average molecular weight is 396 g/mol. The van der Waals surface area contributed by atoms with Crippen molar-refractivity contribution in [1.82, 2.24) is 30.6 Å². The molecule has 3 fully saturated rings. The van der Waals surface area contributed by atoms with Crippen LogP contribution in [0.5, 0.6) is 0 Å². The van der Waals surface area contributed by atoms with Crippen LogP contribution in [0.1, 0.15) is 31.5 Å². The molecule has 0 bridgehead atoms. The molecule has 3 aliphatic rings. The van der Waals surface area contributed by atoms with Crippen LogP contribution in [-0.2, 0) is 11.3 Å². The number of nitrogens with one attached hydrogen (secondary N) is 3. The van der Waals surface area contributed by atoms with E-state index in [1.54, 1.807) is 6.07 Å². The van der Waals surface area contributed by atoms with E-state index in [2.05, 4.69) is 25.7 Å². The third kappa shape index (κ3) is 3.68. The van der Waals surface area contributed by atoms with Gasteiger partial charge in [0.2, 0.25) is 5.91 Å². The Morgan fingerprint density at radius 3 is 2.72 bits per heavy atom. The zero-order valence-electron chi connectivity index (χ0n) is 16.6. The molecule has 2 aliphatic heterocycles. The van der Waals surface area contributed by atoms with Gasteiger partial charge in [0.15, 0.2) is 0 Å². The van der Waals surface area contributed by atoms with E-state index in [1.807, 2.05) is 23.1 Å². The van der Waals surface area contributed by atoms with E-state index in [0.717, 1.165) is 31.4 Å². The van der Waals surface area contributed by atoms with Crippen molar-refractivity contribution in [1.29, 1.82) is 0 Å². The van der Waals surface area contributed by atoms with E-state index >= 15 is 0 Å². The molecular weight excluding hydrogens is 368 g/mol. The number of hydrazine groups is 1. The number of nitrogens with zero attached hydrogens (tertiary/aromatic N) is 3. The van der Waals surface area contributed by atoms with Gasteiger partial charge in [-0.25, -0.2) is 10.4 Å². The van der Waals surface area contributed by atoms with Gasteiger partial charge in [0.05, 0.1) is 17.4 Å². The quantitative estimate of drug-likeness (QED) is 0.704. The zero-order chi connectivity index (χ0) is 19.8. The van der Waals surface area contributed by atoms with Crippen molar-refractivity contribution in [3.05, 3.63) is 40.4 Å². The Bertz CT molecular complexity index is 952. The predicted molar refractivity (Wildman–Crippen MR) is 110 cm³/mol. The largest absolute Gasteiger partial charge is 0.339 e. The fraction of sp³-hybridized carbons (Fsp3) is 0.571. The number of H-pyrrole nitrogens is 1. The first kappa shape index (κ1) is 18.7. The molecule has 3 N–H and O–H groups in total. The number of para-hydroxylation sites is 1. The van der Waals surface area contributed by atoms with Gasteiger partial charge in [0, 0.05) is 38.1 Å². The molecule has 8 nitrogen and oxygen atoms in total. The monoisotopic (exact) mass is 396 g/mol. The second kappa shape index (κ2) is 7.85. The molecule has 154 valence electrons. The molecule has 0 spiro atoms. The molecule has 0 radical (unpaired) electrons. The highest BCUT2D eigenvalue weighted by molar-refractivity contribution is 5.83. The first-order valence-electron chi connectivity index (χ1n) is 10.7. The van der Waals surface area contributed by atoms with Crippen LogP contribution in [0, 0.1) is 5.92 Å². The molecular formula is C21H28N6O2. The third-order valence-electron chi connectivity index (χ3n) is 6.66. The van der Waals surface area contributed by atoms with Crippen LogP contribution < -0.4 is 16.4 Å². The number of hydrogen-bond acceptors (Lipinski definition) is 6. The summed E-state index contributed by atoms with van der Waals surface area (Å²) in [7, 11) is 0. The van der Waals surface area contributed by atoms with Gasteiger partial charge < -0.3 is 9.88 Å². The van der Waals surface area contributed by atoms with Crippen molar-refractivity contribution in [3.8, 4) is 0 Å². The minimum absolute atomic E-state index is 0.0923. The van der Waals surface area contributed by atoms with Gasteiger partial charge in [-0.2, -0.15) is 0 Å². The van der Waals surface area contributed by atoms with Crippen molar-refractivity contribution in [2.24, 2.45) is 5.92 Å². The maximum Gasteiger partial charge on any atom is 0.258 e. The smallest absolute Gasteiger partial charge is 0.258 e. The molecule has 3 heterocycles. The Morgan fingerprint density at radius 2 is 1.86 bits per heavy atom. The Morgan fingerprint density at radius 1 is 1.07 bits per heavy atom. The summed E-state index contributed by atoms with van der Waals surface area (Å²) in [4.78, 5) is 37.1. The van der Waals surface area contributed by atoms with Gasteiger partial charge in [-0.3, -0.25) is 19.9 Å². The lowest BCUT2D eigenvalue weighted by Crippen LogP contribution is -2.54. The average Bonchev–Trinajstić information content (AvgIpc) is 3.18. The van der Waals surface area contributed by atoms with Crippen LogP contribution in [0.15, 0.2) is 29.1 Å². The maximum atomic E-state index is 13.1. The van der Waals surface area contributed by atoms with Crippen molar-refractivity contribution in [3.63, 3.8) is 0 Å². The van der Waals surface area contributed by atoms with Crippen molar-refractivity contribution in [2.45, 2.75) is 44.3 Å². The summed E-state index contributed by atoms with van der Waals surface area (Å²) < 4.78 is 0. The van der Waals surface area contributed by atoms with E-state index in [-0.39, 0.29) is 17.5 Å². The Balaban J connectivity index is 1.20. The fourth-order valence-corrected chi connectivity index (χ4v) is 5.03. The topological polar surface area (TPSA) is 93.4 Å². The van der Waals surface area contributed by atoms with Gasteiger partial charge in [-0.1, -0.05) is 25.0 Å². The molecule has 1 aliphatic carbocycles. The summed E-state index contributed by atoms with van der Waals surface area (Å²) >= 11 is 0. The normalized spacial score (nSPS) is 27.9. The number of aromatic amines is 1. The van der Waals surface area contributed by atoms with Gasteiger partial charge in [0.1, 0.15) is 11.9 Å². The number of benzene rings is 1. The number of piperazine rings is 1. The van der Waals surface area contributed by atoms with Gasteiger partial charge in [0.25, 0.3) is 5.56 Å². The summed E-state index contributed by atoms with van der Waals surface area (Å²) in [5.41, 5.74) is 7.23. The molecule has 8 heteroatoms. The van der Waals surface area contributed by atoms with Gasteiger partial charge >= 0.3 is 0 Å². The van der Waals surface area contributed by atoms with E-state index in [0.29, 0.717) is 42.8 Å². The lowest BCUT2D eigenvalue weighted by Gasteiger charge is -2.37. The Hall–Kier alpha value is -2.29. The summed E-state index contributed by atoms with van der Waals surface area (Å²) in [6, 6.07) is 7.75. The van der Waals surface area contributed by atoms with Gasteiger partial charge in [-0.15, -0.1) is 0 Å². The first-order chi connectivity index (χ1) is 14.2. The Kier molecular flexibility index (Phi) is 5.07. The number of hydrogen-bond donors (Lipinski definition) is 3.